The van der Waals surface area contributed by atoms with Gasteiger partial charge in [-0.3, -0.25) is 14.9 Å². The van der Waals surface area contributed by atoms with E-state index >= 15 is 0 Å². The third kappa shape index (κ3) is 4.04. The van der Waals surface area contributed by atoms with Crippen LogP contribution in [0, 0.1) is 11.8 Å². The molecule has 0 spiro atoms. The summed E-state index contributed by atoms with van der Waals surface area (Å²) in [6, 6.07) is 10.8. The molecule has 3 aromatic rings. The lowest BCUT2D eigenvalue weighted by Crippen LogP contribution is -2.24. The van der Waals surface area contributed by atoms with Crippen LogP contribution in [-0.4, -0.2) is 41.0 Å². The van der Waals surface area contributed by atoms with Crippen molar-refractivity contribution in [3.8, 4) is 40.3 Å². The Morgan fingerprint density at radius 2 is 2.14 bits per heavy atom. The van der Waals surface area contributed by atoms with Crippen molar-refractivity contribution in [3.63, 3.8) is 0 Å². The van der Waals surface area contributed by atoms with Crippen LogP contribution in [0.1, 0.15) is 10.5 Å². The Labute approximate surface area is 160 Å². The maximum Gasteiger partial charge on any atom is 0.270 e. The third-order valence-corrected chi connectivity index (χ3v) is 3.90. The molecule has 0 bridgehead atoms. The quantitative estimate of drug-likeness (QED) is 0.661. The van der Waals surface area contributed by atoms with Gasteiger partial charge in [-0.25, -0.2) is 0 Å². The molecule has 8 nitrogen and oxygen atoms in total. The van der Waals surface area contributed by atoms with Crippen molar-refractivity contribution < 1.29 is 19.0 Å². The van der Waals surface area contributed by atoms with Gasteiger partial charge in [-0.05, 0) is 36.4 Å². The lowest BCUT2D eigenvalue weighted by atomic mass is 10.1. The number of aromatic nitrogens is 3. The first-order valence-electron chi connectivity index (χ1n) is 8.52. The van der Waals surface area contributed by atoms with Gasteiger partial charge in [0, 0.05) is 11.8 Å². The van der Waals surface area contributed by atoms with E-state index < -0.39 is 0 Å². The normalized spacial score (nSPS) is 11.4. The molecule has 0 saturated carbocycles. The maximum absolute atomic E-state index is 12.2. The number of pyridine rings is 1. The Morgan fingerprint density at radius 3 is 3.04 bits per heavy atom. The number of aromatic amines is 1. The van der Waals surface area contributed by atoms with Crippen LogP contribution in [0.2, 0.25) is 0 Å². The van der Waals surface area contributed by atoms with E-state index in [1.807, 2.05) is 18.2 Å². The molecule has 0 radical (unpaired) electrons. The second-order valence-electron chi connectivity index (χ2n) is 5.75. The molecule has 1 aliphatic rings. The minimum Gasteiger partial charge on any atom is -0.479 e. The molecule has 0 fully saturated rings. The fraction of sp³-hybridized carbons (Fsp3) is 0.150. The topological polar surface area (TPSA) is 98.4 Å². The molecule has 2 aromatic heterocycles. The van der Waals surface area contributed by atoms with Gasteiger partial charge < -0.3 is 19.5 Å². The van der Waals surface area contributed by atoms with E-state index in [2.05, 4.69) is 32.3 Å². The summed E-state index contributed by atoms with van der Waals surface area (Å²) in [4.78, 5) is 16.1. The van der Waals surface area contributed by atoms with Crippen molar-refractivity contribution in [1.82, 2.24) is 20.5 Å². The monoisotopic (exact) mass is 376 g/mol. The average molecular weight is 376 g/mol. The van der Waals surface area contributed by atoms with E-state index in [0.717, 1.165) is 5.56 Å². The molecule has 1 aromatic carbocycles. The fourth-order valence-corrected chi connectivity index (χ4v) is 2.53. The smallest absolute Gasteiger partial charge is 0.270 e. The van der Waals surface area contributed by atoms with Crippen molar-refractivity contribution in [3.05, 3.63) is 54.5 Å². The van der Waals surface area contributed by atoms with Crippen molar-refractivity contribution in [2.24, 2.45) is 0 Å². The minimum atomic E-state index is -0.290. The summed E-state index contributed by atoms with van der Waals surface area (Å²) >= 11 is 0. The average Bonchev–Trinajstić information content (AvgIpc) is 3.40. The number of rotatable bonds is 5. The van der Waals surface area contributed by atoms with Crippen LogP contribution in [0.15, 0.2) is 48.8 Å². The number of benzene rings is 1. The molecule has 4 rings (SSSR count). The van der Waals surface area contributed by atoms with E-state index in [9.17, 15) is 4.79 Å². The Bertz CT molecular complexity index is 1040. The molecule has 140 valence electrons. The van der Waals surface area contributed by atoms with E-state index in [0.29, 0.717) is 28.6 Å². The molecule has 1 aliphatic heterocycles. The standard InChI is InChI=1S/C20H16N4O4/c25-20(22-8-1-2-9-26-15-4-3-7-21-12-15)17-11-16(23-24-17)14-5-6-18-19(10-14)28-13-27-18/h3-7,10-12H,8-9,13H2,(H,22,25)(H,23,24). The van der Waals surface area contributed by atoms with Gasteiger partial charge in [-0.1, -0.05) is 11.8 Å². The van der Waals surface area contributed by atoms with E-state index in [4.69, 9.17) is 14.2 Å². The van der Waals surface area contributed by atoms with Crippen molar-refractivity contribution in [2.45, 2.75) is 0 Å². The summed E-state index contributed by atoms with van der Waals surface area (Å²) in [5.74, 6) is 7.38. The van der Waals surface area contributed by atoms with Crippen LogP contribution < -0.4 is 19.5 Å². The SMILES string of the molecule is O=C(NCC#CCOc1cccnc1)c1cc(-c2ccc3c(c2)OCO3)n[nH]1. The van der Waals surface area contributed by atoms with Gasteiger partial charge in [0.25, 0.3) is 5.91 Å². The van der Waals surface area contributed by atoms with Crippen LogP contribution in [0.4, 0.5) is 0 Å². The van der Waals surface area contributed by atoms with E-state index in [1.165, 1.54) is 0 Å². The number of nitrogens with zero attached hydrogens (tertiary/aromatic N) is 2. The van der Waals surface area contributed by atoms with Gasteiger partial charge in [0.2, 0.25) is 6.79 Å². The maximum atomic E-state index is 12.2. The first-order chi connectivity index (χ1) is 13.8. The highest BCUT2D eigenvalue weighted by atomic mass is 16.7. The largest absolute Gasteiger partial charge is 0.479 e. The fourth-order valence-electron chi connectivity index (χ4n) is 2.53. The van der Waals surface area contributed by atoms with Gasteiger partial charge in [-0.2, -0.15) is 5.10 Å². The second-order valence-corrected chi connectivity index (χ2v) is 5.75. The molecule has 1 amide bonds. The van der Waals surface area contributed by atoms with Crippen LogP contribution in [-0.2, 0) is 0 Å². The summed E-state index contributed by atoms with van der Waals surface area (Å²) in [6.45, 7) is 0.634. The van der Waals surface area contributed by atoms with E-state index in [-0.39, 0.29) is 25.9 Å². The van der Waals surface area contributed by atoms with Crippen molar-refractivity contribution in [2.75, 3.05) is 19.9 Å². The predicted octanol–water partition coefficient (Wildman–Crippen LogP) is 2.01. The number of ether oxygens (including phenoxy) is 3. The zero-order valence-electron chi connectivity index (χ0n) is 14.8. The first kappa shape index (κ1) is 17.4. The van der Waals surface area contributed by atoms with Gasteiger partial charge in [0.1, 0.15) is 18.1 Å². The first-order valence-corrected chi connectivity index (χ1v) is 8.52. The third-order valence-electron chi connectivity index (χ3n) is 3.90. The summed E-state index contributed by atoms with van der Waals surface area (Å²) in [5, 5.41) is 9.62. The van der Waals surface area contributed by atoms with E-state index in [1.54, 1.807) is 30.6 Å². The van der Waals surface area contributed by atoms with Crippen LogP contribution in [0.25, 0.3) is 11.3 Å². The molecule has 0 aliphatic carbocycles. The number of fused-ring (bicyclic) bond motifs is 1. The number of H-pyrrole nitrogens is 1. The molecular weight excluding hydrogens is 360 g/mol. The van der Waals surface area contributed by atoms with Gasteiger partial charge in [0.15, 0.2) is 11.5 Å². The number of carbonyl (C=O) groups is 1. The summed E-state index contributed by atoms with van der Waals surface area (Å²) in [7, 11) is 0. The Morgan fingerprint density at radius 1 is 1.21 bits per heavy atom. The zero-order valence-corrected chi connectivity index (χ0v) is 14.8. The van der Waals surface area contributed by atoms with Gasteiger partial charge in [0.05, 0.1) is 18.4 Å². The molecular formula is C20H16N4O4. The Kier molecular flexibility index (Phi) is 5.06. The van der Waals surface area contributed by atoms with Crippen molar-refractivity contribution >= 4 is 5.91 Å². The van der Waals surface area contributed by atoms with Gasteiger partial charge in [-0.15, -0.1) is 0 Å². The Hall–Kier alpha value is -3.99. The number of nitrogens with one attached hydrogen (secondary N) is 2. The lowest BCUT2D eigenvalue weighted by Gasteiger charge is -1.99. The minimum absolute atomic E-state index is 0.202. The highest BCUT2D eigenvalue weighted by Gasteiger charge is 2.16. The number of carbonyl (C=O) groups excluding carboxylic acids is 1. The number of hydrogen-bond acceptors (Lipinski definition) is 6. The Balaban J connectivity index is 1.28. The number of hydrogen-bond donors (Lipinski definition) is 2. The van der Waals surface area contributed by atoms with Crippen LogP contribution in [0.5, 0.6) is 17.2 Å². The highest BCUT2D eigenvalue weighted by molar-refractivity contribution is 5.93. The highest BCUT2D eigenvalue weighted by Crippen LogP contribution is 2.35. The number of amides is 1. The molecule has 0 atom stereocenters. The predicted molar refractivity (Wildman–Crippen MR) is 100.0 cm³/mol. The van der Waals surface area contributed by atoms with Crippen LogP contribution >= 0.6 is 0 Å². The van der Waals surface area contributed by atoms with Gasteiger partial charge >= 0.3 is 0 Å². The molecule has 0 saturated heterocycles. The lowest BCUT2D eigenvalue weighted by molar-refractivity contribution is 0.0953. The molecule has 2 N–H and O–H groups in total. The van der Waals surface area contributed by atoms with Crippen molar-refractivity contribution in [1.29, 1.82) is 0 Å². The summed E-state index contributed by atoms with van der Waals surface area (Å²) < 4.78 is 16.0. The molecule has 0 unspecified atom stereocenters. The molecule has 8 heteroatoms. The zero-order chi connectivity index (χ0) is 19.2. The van der Waals surface area contributed by atoms with Crippen LogP contribution in [0.3, 0.4) is 0 Å². The molecule has 28 heavy (non-hydrogen) atoms. The molecule has 3 heterocycles. The summed E-state index contributed by atoms with van der Waals surface area (Å²) in [6.07, 6.45) is 3.28. The summed E-state index contributed by atoms with van der Waals surface area (Å²) in [5.41, 5.74) is 1.81. The second kappa shape index (κ2) is 8.14.